The molecule has 0 amide bonds. The van der Waals surface area contributed by atoms with Crippen molar-refractivity contribution in [3.05, 3.63) is 112 Å². The molecule has 4 aromatic rings. The number of halogens is 1. The second-order valence-corrected chi connectivity index (χ2v) is 8.37. The summed E-state index contributed by atoms with van der Waals surface area (Å²) in [5.41, 5.74) is 2.90. The van der Waals surface area contributed by atoms with Crippen LogP contribution in [0.3, 0.4) is 0 Å². The molecule has 0 N–H and O–H groups in total. The monoisotopic (exact) mass is 549 g/mol. The number of para-hydroxylation sites is 1. The van der Waals surface area contributed by atoms with Gasteiger partial charge in [-0.25, -0.2) is 0 Å². The summed E-state index contributed by atoms with van der Waals surface area (Å²) in [7, 11) is 0. The molecule has 0 atom stereocenters. The van der Waals surface area contributed by atoms with E-state index in [9.17, 15) is 0 Å². The Morgan fingerprint density at radius 3 is 2.15 bits per heavy atom. The zero-order valence-corrected chi connectivity index (χ0v) is 20.4. The molecular weight excluding hydrogens is 525 g/mol. The van der Waals surface area contributed by atoms with Gasteiger partial charge in [0.1, 0.15) is 18.1 Å². The average Bonchev–Trinajstić information content (AvgIpc) is 2.85. The van der Waals surface area contributed by atoms with E-state index < -0.39 is 0 Å². The predicted octanol–water partition coefficient (Wildman–Crippen LogP) is 7.81. The van der Waals surface area contributed by atoms with Crippen LogP contribution in [0.5, 0.6) is 23.0 Å². The Morgan fingerprint density at radius 1 is 0.788 bits per heavy atom. The van der Waals surface area contributed by atoms with E-state index in [1.165, 1.54) is 0 Å². The topological polar surface area (TPSA) is 40.0 Å². The number of rotatable bonds is 9. The maximum atomic E-state index is 6.10. The second kappa shape index (κ2) is 11.5. The van der Waals surface area contributed by atoms with Crippen LogP contribution >= 0.6 is 22.6 Å². The molecular formula is C28H24INO3. The van der Waals surface area contributed by atoms with Crippen molar-refractivity contribution in [2.24, 2.45) is 4.99 Å². The van der Waals surface area contributed by atoms with E-state index in [0.717, 1.165) is 37.6 Å². The highest BCUT2D eigenvalue weighted by Crippen LogP contribution is 2.35. The molecule has 0 heterocycles. The first-order chi connectivity index (χ1) is 16.2. The van der Waals surface area contributed by atoms with Crippen LogP contribution in [-0.4, -0.2) is 12.8 Å². The Morgan fingerprint density at radius 2 is 1.45 bits per heavy atom. The lowest BCUT2D eigenvalue weighted by Gasteiger charge is -2.14. The van der Waals surface area contributed by atoms with Crippen LogP contribution in [0.1, 0.15) is 18.1 Å². The van der Waals surface area contributed by atoms with Crippen LogP contribution in [0, 0.1) is 3.57 Å². The van der Waals surface area contributed by atoms with Gasteiger partial charge in [-0.1, -0.05) is 48.5 Å². The van der Waals surface area contributed by atoms with Gasteiger partial charge in [-0.05, 0) is 89.2 Å². The molecule has 4 nitrogen and oxygen atoms in total. The van der Waals surface area contributed by atoms with E-state index in [2.05, 4.69) is 27.6 Å². The van der Waals surface area contributed by atoms with E-state index in [4.69, 9.17) is 14.2 Å². The molecule has 4 rings (SSSR count). The van der Waals surface area contributed by atoms with Gasteiger partial charge in [-0.15, -0.1) is 0 Å². The van der Waals surface area contributed by atoms with Crippen molar-refractivity contribution in [1.82, 2.24) is 0 Å². The number of hydrogen-bond donors (Lipinski definition) is 0. The first-order valence-electron chi connectivity index (χ1n) is 10.7. The smallest absolute Gasteiger partial charge is 0.175 e. The molecule has 5 heteroatoms. The van der Waals surface area contributed by atoms with E-state index in [0.29, 0.717) is 19.0 Å². The molecule has 0 fully saturated rings. The molecule has 0 saturated heterocycles. The fourth-order valence-electron chi connectivity index (χ4n) is 3.17. The standard InChI is InChI=1S/C28H24INO3/c1-2-31-27-18-22(17-26(29)28(27)32-20-21-9-5-3-6-10-21)19-30-23-13-15-25(16-14-23)33-24-11-7-4-8-12-24/h3-19H,2,20H2,1H3. The van der Waals surface area contributed by atoms with Gasteiger partial charge in [0.05, 0.1) is 15.9 Å². The largest absolute Gasteiger partial charge is 0.490 e. The second-order valence-electron chi connectivity index (χ2n) is 7.20. The number of hydrogen-bond acceptors (Lipinski definition) is 4. The van der Waals surface area contributed by atoms with Crippen LogP contribution in [0.15, 0.2) is 102 Å². The molecule has 33 heavy (non-hydrogen) atoms. The van der Waals surface area contributed by atoms with Crippen molar-refractivity contribution in [3.63, 3.8) is 0 Å². The number of ether oxygens (including phenoxy) is 3. The third-order valence-corrected chi connectivity index (χ3v) is 5.54. The van der Waals surface area contributed by atoms with Crippen LogP contribution in [-0.2, 0) is 6.61 Å². The summed E-state index contributed by atoms with van der Waals surface area (Å²) < 4.78 is 18.8. The minimum Gasteiger partial charge on any atom is -0.490 e. The van der Waals surface area contributed by atoms with E-state index in [-0.39, 0.29) is 0 Å². The lowest BCUT2D eigenvalue weighted by Crippen LogP contribution is -2.02. The normalized spacial score (nSPS) is 10.8. The fourth-order valence-corrected chi connectivity index (χ4v) is 3.95. The van der Waals surface area contributed by atoms with Gasteiger partial charge in [-0.2, -0.15) is 0 Å². The van der Waals surface area contributed by atoms with Gasteiger partial charge < -0.3 is 14.2 Å². The van der Waals surface area contributed by atoms with Crippen molar-refractivity contribution >= 4 is 34.5 Å². The zero-order chi connectivity index (χ0) is 22.9. The van der Waals surface area contributed by atoms with E-state index >= 15 is 0 Å². The lowest BCUT2D eigenvalue weighted by atomic mass is 10.2. The number of benzene rings is 4. The highest BCUT2D eigenvalue weighted by Gasteiger charge is 2.12. The molecule has 166 valence electrons. The number of nitrogens with zero attached hydrogens (tertiary/aromatic N) is 1. The van der Waals surface area contributed by atoms with Crippen molar-refractivity contribution in [3.8, 4) is 23.0 Å². The summed E-state index contributed by atoms with van der Waals surface area (Å²) in [6.45, 7) is 3.01. The fraction of sp³-hybridized carbons (Fsp3) is 0.107. The Labute approximate surface area is 208 Å². The van der Waals surface area contributed by atoms with Gasteiger partial charge in [0.2, 0.25) is 0 Å². The molecule has 4 aromatic carbocycles. The minimum absolute atomic E-state index is 0.488. The number of aliphatic imine (C=N–C) groups is 1. The molecule has 0 saturated carbocycles. The van der Waals surface area contributed by atoms with Crippen molar-refractivity contribution in [1.29, 1.82) is 0 Å². The molecule has 0 unspecified atom stereocenters. The maximum absolute atomic E-state index is 6.10. The van der Waals surface area contributed by atoms with Crippen LogP contribution in [0.25, 0.3) is 0 Å². The van der Waals surface area contributed by atoms with Gasteiger partial charge in [0.15, 0.2) is 11.5 Å². The zero-order valence-electron chi connectivity index (χ0n) is 18.3. The van der Waals surface area contributed by atoms with Crippen molar-refractivity contribution in [2.45, 2.75) is 13.5 Å². The summed E-state index contributed by atoms with van der Waals surface area (Å²) in [6, 6.07) is 31.5. The van der Waals surface area contributed by atoms with Crippen LogP contribution in [0.4, 0.5) is 5.69 Å². The summed E-state index contributed by atoms with van der Waals surface area (Å²) in [4.78, 5) is 4.61. The summed E-state index contributed by atoms with van der Waals surface area (Å²) in [5.74, 6) is 3.05. The van der Waals surface area contributed by atoms with Crippen molar-refractivity contribution in [2.75, 3.05) is 6.61 Å². The van der Waals surface area contributed by atoms with E-state index in [1.807, 2.05) is 110 Å². The van der Waals surface area contributed by atoms with Gasteiger partial charge >= 0.3 is 0 Å². The summed E-state index contributed by atoms with van der Waals surface area (Å²) in [5, 5.41) is 0. The molecule has 0 aliphatic rings. The SMILES string of the molecule is CCOc1cc(C=Nc2ccc(Oc3ccccc3)cc2)cc(I)c1OCc1ccccc1. The Bertz CT molecular complexity index is 1190. The Hall–Kier alpha value is -3.32. The molecule has 0 bridgehead atoms. The summed E-state index contributed by atoms with van der Waals surface area (Å²) in [6.07, 6.45) is 1.83. The molecule has 0 spiro atoms. The maximum Gasteiger partial charge on any atom is 0.175 e. The minimum atomic E-state index is 0.488. The van der Waals surface area contributed by atoms with Gasteiger partial charge in [-0.3, -0.25) is 4.99 Å². The van der Waals surface area contributed by atoms with E-state index in [1.54, 1.807) is 0 Å². The summed E-state index contributed by atoms with van der Waals surface area (Å²) >= 11 is 2.28. The lowest BCUT2D eigenvalue weighted by molar-refractivity contribution is 0.267. The van der Waals surface area contributed by atoms with Crippen LogP contribution < -0.4 is 14.2 Å². The third kappa shape index (κ3) is 6.58. The molecule has 0 radical (unpaired) electrons. The molecule has 0 aliphatic carbocycles. The van der Waals surface area contributed by atoms with Gasteiger partial charge in [0.25, 0.3) is 0 Å². The van der Waals surface area contributed by atoms with Crippen LogP contribution in [0.2, 0.25) is 0 Å². The highest BCUT2D eigenvalue weighted by molar-refractivity contribution is 14.1. The molecule has 0 aliphatic heterocycles. The highest BCUT2D eigenvalue weighted by atomic mass is 127. The van der Waals surface area contributed by atoms with Crippen molar-refractivity contribution < 1.29 is 14.2 Å². The third-order valence-electron chi connectivity index (χ3n) is 4.74. The molecule has 0 aromatic heterocycles. The average molecular weight is 549 g/mol. The first kappa shape index (κ1) is 22.9. The predicted molar refractivity (Wildman–Crippen MR) is 141 cm³/mol. The Balaban J connectivity index is 1.46. The quantitative estimate of drug-likeness (QED) is 0.158. The Kier molecular flexibility index (Phi) is 7.98. The first-order valence-corrected chi connectivity index (χ1v) is 11.8. The van der Waals surface area contributed by atoms with Gasteiger partial charge in [0, 0.05) is 6.21 Å².